The molecule has 0 rings (SSSR count). The summed E-state index contributed by atoms with van der Waals surface area (Å²) in [5.41, 5.74) is 1.75. The van der Waals surface area contributed by atoms with Crippen molar-refractivity contribution in [2.45, 2.75) is 34.6 Å². The van der Waals surface area contributed by atoms with Gasteiger partial charge in [0.2, 0.25) is 0 Å². The molecule has 0 bridgehead atoms. The van der Waals surface area contributed by atoms with Crippen molar-refractivity contribution in [1.82, 2.24) is 0 Å². The van der Waals surface area contributed by atoms with Gasteiger partial charge in [0.1, 0.15) is 7.85 Å². The zero-order valence-electron chi connectivity index (χ0n) is 8.10. The molecular weight excluding hydrogens is 133 g/mol. The highest BCUT2D eigenvalue weighted by molar-refractivity contribution is 6.59. The monoisotopic (exact) mass is 149 g/mol. The van der Waals surface area contributed by atoms with Gasteiger partial charge in [0, 0.05) is 11.1 Å². The molecule has 2 heteroatoms. The minimum Gasteiger partial charge on any atom is -0.274 e. The molecule has 0 aromatic carbocycles. The molecule has 0 amide bonds. The molecule has 0 aliphatic rings. The second-order valence-corrected chi connectivity index (χ2v) is 3.68. The van der Waals surface area contributed by atoms with Gasteiger partial charge >= 0.3 is 0 Å². The van der Waals surface area contributed by atoms with Crippen LogP contribution in [0.4, 0.5) is 0 Å². The smallest absolute Gasteiger partial charge is 0.135 e. The summed E-state index contributed by atoms with van der Waals surface area (Å²) in [5.74, 6) is 0. The first-order valence-electron chi connectivity index (χ1n) is 3.85. The lowest BCUT2D eigenvalue weighted by Gasteiger charge is -2.19. The van der Waals surface area contributed by atoms with Crippen LogP contribution in [0.2, 0.25) is 0 Å². The lowest BCUT2D eigenvalue weighted by Crippen LogP contribution is -2.09. The summed E-state index contributed by atoms with van der Waals surface area (Å²) in [4.78, 5) is 4.22. The summed E-state index contributed by atoms with van der Waals surface area (Å²) < 4.78 is 0. The number of nitrogens with zero attached hydrogens (tertiary/aromatic N) is 1. The molecule has 0 aromatic heterocycles. The fourth-order valence-electron chi connectivity index (χ4n) is 0.855. The number of rotatable bonds is 1. The minimum absolute atomic E-state index is 0.0926. The van der Waals surface area contributed by atoms with E-state index in [1.165, 1.54) is 0 Å². The molecule has 0 aliphatic heterocycles. The van der Waals surface area contributed by atoms with Crippen molar-refractivity contribution in [2.75, 3.05) is 0 Å². The molecule has 0 spiro atoms. The van der Waals surface area contributed by atoms with Crippen LogP contribution >= 0.6 is 0 Å². The van der Waals surface area contributed by atoms with E-state index in [1.807, 2.05) is 13.0 Å². The summed E-state index contributed by atoms with van der Waals surface area (Å²) in [6, 6.07) is 0. The Balaban J connectivity index is 4.60. The Kier molecular flexibility index (Phi) is 3.57. The van der Waals surface area contributed by atoms with E-state index in [2.05, 4.69) is 25.8 Å². The normalized spacial score (nSPS) is 15.4. The van der Waals surface area contributed by atoms with Crippen LogP contribution in [0.5, 0.6) is 0 Å². The van der Waals surface area contributed by atoms with Gasteiger partial charge in [-0.2, -0.15) is 0 Å². The van der Waals surface area contributed by atoms with Gasteiger partial charge in [0.25, 0.3) is 0 Å². The topological polar surface area (TPSA) is 12.4 Å². The molecule has 0 saturated carbocycles. The first kappa shape index (κ1) is 10.5. The van der Waals surface area contributed by atoms with E-state index in [-0.39, 0.29) is 5.41 Å². The first-order valence-corrected chi connectivity index (χ1v) is 3.85. The van der Waals surface area contributed by atoms with E-state index in [9.17, 15) is 0 Å². The number of allylic oxidation sites excluding steroid dienone is 2. The van der Waals surface area contributed by atoms with Crippen molar-refractivity contribution in [3.05, 3.63) is 11.8 Å². The van der Waals surface area contributed by atoms with E-state index in [4.69, 9.17) is 7.85 Å². The summed E-state index contributed by atoms with van der Waals surface area (Å²) >= 11 is 0. The first-order chi connectivity index (χ1) is 4.88. The van der Waals surface area contributed by atoms with Crippen LogP contribution in [0.3, 0.4) is 0 Å². The van der Waals surface area contributed by atoms with E-state index < -0.39 is 0 Å². The second-order valence-electron chi connectivity index (χ2n) is 3.68. The fraction of sp³-hybridized carbons (Fsp3) is 0.667. The van der Waals surface area contributed by atoms with E-state index in [1.54, 1.807) is 6.92 Å². The molecular formula is C9H16BN. The highest BCUT2D eigenvalue weighted by Crippen LogP contribution is 2.25. The second kappa shape index (κ2) is 3.75. The molecule has 0 fully saturated rings. The van der Waals surface area contributed by atoms with Crippen molar-refractivity contribution >= 4 is 13.5 Å². The Labute approximate surface area is 71.0 Å². The van der Waals surface area contributed by atoms with E-state index in [0.29, 0.717) is 5.61 Å². The molecule has 60 valence electrons. The third-order valence-electron chi connectivity index (χ3n) is 1.34. The molecule has 2 radical (unpaired) electrons. The zero-order valence-corrected chi connectivity index (χ0v) is 8.10. The molecule has 1 nitrogen and oxygen atoms in total. The molecule has 0 aromatic rings. The van der Waals surface area contributed by atoms with Gasteiger partial charge in [0.15, 0.2) is 0 Å². The summed E-state index contributed by atoms with van der Waals surface area (Å²) in [5, 5.41) is 0. The van der Waals surface area contributed by atoms with Crippen molar-refractivity contribution in [1.29, 1.82) is 0 Å². The van der Waals surface area contributed by atoms with E-state index >= 15 is 0 Å². The Morgan fingerprint density at radius 1 is 1.36 bits per heavy atom. The van der Waals surface area contributed by atoms with Gasteiger partial charge < -0.3 is 0 Å². The van der Waals surface area contributed by atoms with Gasteiger partial charge in [-0.05, 0) is 19.5 Å². The summed E-state index contributed by atoms with van der Waals surface area (Å²) in [6.45, 7) is 10.1. The van der Waals surface area contributed by atoms with Crippen molar-refractivity contribution < 1.29 is 0 Å². The summed E-state index contributed by atoms with van der Waals surface area (Å²) in [7, 11) is 5.47. The van der Waals surface area contributed by atoms with Gasteiger partial charge in [-0.3, -0.25) is 4.99 Å². The van der Waals surface area contributed by atoms with Gasteiger partial charge in [-0.25, -0.2) is 0 Å². The van der Waals surface area contributed by atoms with Gasteiger partial charge in [0.05, 0.1) is 0 Å². The third-order valence-corrected chi connectivity index (χ3v) is 1.34. The van der Waals surface area contributed by atoms with Gasteiger partial charge in [-0.1, -0.05) is 26.8 Å². The largest absolute Gasteiger partial charge is 0.274 e. The average Bonchev–Trinajstić information content (AvgIpc) is 1.79. The predicted octanol–water partition coefficient (Wildman–Crippen LogP) is 2.52. The lowest BCUT2D eigenvalue weighted by molar-refractivity contribution is 0.497. The maximum absolute atomic E-state index is 5.47. The Bertz CT molecular complexity index is 180. The van der Waals surface area contributed by atoms with Crippen LogP contribution in [-0.4, -0.2) is 13.5 Å². The standard InChI is InChI=1S/C9H16BN/c1-6-8(9(3,4)5)11-7(2)10/h6H,1-5H3/b8-6-,11-7?. The van der Waals surface area contributed by atoms with Crippen LogP contribution in [0.15, 0.2) is 16.8 Å². The Morgan fingerprint density at radius 3 is 1.91 bits per heavy atom. The fourth-order valence-corrected chi connectivity index (χ4v) is 0.855. The number of aliphatic imine (C=N–C) groups is 1. The minimum atomic E-state index is 0.0926. The number of hydrogen-bond donors (Lipinski definition) is 0. The van der Waals surface area contributed by atoms with Gasteiger partial charge in [-0.15, -0.1) is 0 Å². The Morgan fingerprint density at radius 2 is 1.82 bits per heavy atom. The summed E-state index contributed by atoms with van der Waals surface area (Å²) in [6.07, 6.45) is 2.00. The van der Waals surface area contributed by atoms with Crippen LogP contribution in [0, 0.1) is 5.41 Å². The maximum Gasteiger partial charge on any atom is 0.135 e. The number of hydrogen-bond acceptors (Lipinski definition) is 1. The average molecular weight is 149 g/mol. The highest BCUT2D eigenvalue weighted by atomic mass is 14.8. The molecule has 0 saturated heterocycles. The van der Waals surface area contributed by atoms with E-state index in [0.717, 1.165) is 5.70 Å². The van der Waals surface area contributed by atoms with Crippen molar-refractivity contribution in [2.24, 2.45) is 10.4 Å². The van der Waals surface area contributed by atoms with Crippen molar-refractivity contribution in [3.63, 3.8) is 0 Å². The van der Waals surface area contributed by atoms with Crippen LogP contribution in [0.25, 0.3) is 0 Å². The predicted molar refractivity (Wildman–Crippen MR) is 52.1 cm³/mol. The third kappa shape index (κ3) is 4.02. The maximum atomic E-state index is 5.47. The SMILES string of the molecule is [B]C(C)=N/C(=C\C)C(C)(C)C. The van der Waals surface area contributed by atoms with Crippen LogP contribution in [-0.2, 0) is 0 Å². The molecule has 11 heavy (non-hydrogen) atoms. The zero-order chi connectivity index (χ0) is 9.07. The van der Waals surface area contributed by atoms with Crippen LogP contribution in [0.1, 0.15) is 34.6 Å². The quantitative estimate of drug-likeness (QED) is 0.401. The molecule has 0 N–H and O–H groups in total. The highest BCUT2D eigenvalue weighted by Gasteiger charge is 2.14. The van der Waals surface area contributed by atoms with Crippen LogP contribution < -0.4 is 0 Å². The Hall–Kier alpha value is -0.525. The molecule has 0 atom stereocenters. The molecule has 0 heterocycles. The molecule has 0 unspecified atom stereocenters. The molecule has 0 aliphatic carbocycles. The van der Waals surface area contributed by atoms with Crippen molar-refractivity contribution in [3.8, 4) is 0 Å². The lowest BCUT2D eigenvalue weighted by atomic mass is 9.91.